The highest BCUT2D eigenvalue weighted by Crippen LogP contribution is 2.27. The molecule has 1 aromatic heterocycles. The molecule has 0 spiro atoms. The van der Waals surface area contributed by atoms with Crippen LogP contribution in [0.25, 0.3) is 10.6 Å². The van der Waals surface area contributed by atoms with Gasteiger partial charge in [-0.1, -0.05) is 37.3 Å². The maximum Gasteiger partial charge on any atom is 0.123 e. The Labute approximate surface area is 130 Å². The van der Waals surface area contributed by atoms with Crippen LogP contribution in [0, 0.1) is 5.92 Å². The summed E-state index contributed by atoms with van der Waals surface area (Å²) in [6.07, 6.45) is 2.00. The van der Waals surface area contributed by atoms with Crippen molar-refractivity contribution < 1.29 is 0 Å². The summed E-state index contributed by atoms with van der Waals surface area (Å²) >= 11 is 1.78. The Balaban J connectivity index is 0.00000147. The maximum atomic E-state index is 6.06. The van der Waals surface area contributed by atoms with Gasteiger partial charge < -0.3 is 5.73 Å². The third kappa shape index (κ3) is 3.38. The minimum Gasteiger partial charge on any atom is -0.326 e. The average Bonchev–Trinajstić information content (AvgIpc) is 2.99. The zero-order valence-corrected chi connectivity index (χ0v) is 13.2. The van der Waals surface area contributed by atoms with Crippen molar-refractivity contribution in [2.75, 3.05) is 13.1 Å². The van der Waals surface area contributed by atoms with E-state index in [9.17, 15) is 0 Å². The monoisotopic (exact) mass is 309 g/mol. The van der Waals surface area contributed by atoms with Crippen molar-refractivity contribution in [1.29, 1.82) is 0 Å². The summed E-state index contributed by atoms with van der Waals surface area (Å²) in [6.45, 7) is 5.30. The molecule has 0 radical (unpaired) electrons. The molecule has 0 aliphatic carbocycles. The van der Waals surface area contributed by atoms with Gasteiger partial charge in [-0.15, -0.1) is 23.7 Å². The Bertz CT molecular complexity index is 533. The smallest absolute Gasteiger partial charge is 0.123 e. The molecule has 1 aliphatic heterocycles. The number of nitrogens with zero attached hydrogens (tertiary/aromatic N) is 2. The Morgan fingerprint density at radius 2 is 2.05 bits per heavy atom. The molecule has 108 valence electrons. The van der Waals surface area contributed by atoms with Gasteiger partial charge in [-0.2, -0.15) is 0 Å². The molecular weight excluding hydrogens is 290 g/mol. The SMILES string of the molecule is CC1CN(Cc2cnc(-c3ccccc3)s2)CC1N.Cl. The molecule has 0 bridgehead atoms. The molecule has 2 aromatic rings. The number of likely N-dealkylation sites (tertiary alicyclic amines) is 1. The maximum absolute atomic E-state index is 6.06. The number of benzene rings is 1. The van der Waals surface area contributed by atoms with E-state index in [1.807, 2.05) is 12.3 Å². The fourth-order valence-corrected chi connectivity index (χ4v) is 3.50. The van der Waals surface area contributed by atoms with Crippen LogP contribution in [0.4, 0.5) is 0 Å². The molecule has 1 fully saturated rings. The van der Waals surface area contributed by atoms with Crippen molar-refractivity contribution in [3.63, 3.8) is 0 Å². The van der Waals surface area contributed by atoms with Crippen LogP contribution in [0.2, 0.25) is 0 Å². The van der Waals surface area contributed by atoms with Gasteiger partial charge in [-0.05, 0) is 5.92 Å². The van der Waals surface area contributed by atoms with Crippen LogP contribution < -0.4 is 5.73 Å². The van der Waals surface area contributed by atoms with Gasteiger partial charge in [-0.25, -0.2) is 4.98 Å². The molecule has 20 heavy (non-hydrogen) atoms. The second-order valence-electron chi connectivity index (χ2n) is 5.33. The van der Waals surface area contributed by atoms with Crippen LogP contribution >= 0.6 is 23.7 Å². The predicted octanol–water partition coefficient (Wildman–Crippen LogP) is 3.01. The minimum atomic E-state index is 0. The van der Waals surface area contributed by atoms with E-state index in [2.05, 4.69) is 41.1 Å². The number of halogens is 1. The molecule has 5 heteroatoms. The lowest BCUT2D eigenvalue weighted by Gasteiger charge is -2.12. The van der Waals surface area contributed by atoms with Crippen LogP contribution in [0.1, 0.15) is 11.8 Å². The third-order valence-electron chi connectivity index (χ3n) is 3.70. The van der Waals surface area contributed by atoms with Crippen LogP contribution in [0.15, 0.2) is 36.5 Å². The molecular formula is C15H20ClN3S. The van der Waals surface area contributed by atoms with Crippen LogP contribution in [-0.2, 0) is 6.54 Å². The standard InChI is InChI=1S/C15H19N3S.ClH/c1-11-8-18(10-14(11)16)9-13-7-17-15(19-13)12-5-3-2-4-6-12;/h2-7,11,14H,8-10,16H2,1H3;1H. The highest BCUT2D eigenvalue weighted by molar-refractivity contribution is 7.15. The van der Waals surface area contributed by atoms with Crippen molar-refractivity contribution in [3.05, 3.63) is 41.4 Å². The van der Waals surface area contributed by atoms with Gasteiger partial charge in [0, 0.05) is 42.3 Å². The second-order valence-corrected chi connectivity index (χ2v) is 6.45. The first kappa shape index (κ1) is 15.4. The first-order valence-corrected chi connectivity index (χ1v) is 7.52. The van der Waals surface area contributed by atoms with Crippen LogP contribution in [0.3, 0.4) is 0 Å². The van der Waals surface area contributed by atoms with Crippen molar-refractivity contribution in [2.24, 2.45) is 11.7 Å². The van der Waals surface area contributed by atoms with E-state index >= 15 is 0 Å². The molecule has 2 atom stereocenters. The first-order valence-electron chi connectivity index (χ1n) is 6.70. The highest BCUT2D eigenvalue weighted by atomic mass is 35.5. The molecule has 0 saturated carbocycles. The van der Waals surface area contributed by atoms with Crippen molar-refractivity contribution >= 4 is 23.7 Å². The zero-order valence-electron chi connectivity index (χ0n) is 11.5. The van der Waals surface area contributed by atoms with E-state index in [1.54, 1.807) is 11.3 Å². The van der Waals surface area contributed by atoms with Gasteiger partial charge in [0.05, 0.1) is 0 Å². The minimum absolute atomic E-state index is 0. The quantitative estimate of drug-likeness (QED) is 0.947. The Morgan fingerprint density at radius 3 is 2.70 bits per heavy atom. The molecule has 1 saturated heterocycles. The van der Waals surface area contributed by atoms with Crippen LogP contribution in [-0.4, -0.2) is 29.0 Å². The number of nitrogens with two attached hydrogens (primary N) is 1. The Kier molecular flexibility index (Phi) is 5.16. The lowest BCUT2D eigenvalue weighted by atomic mass is 10.1. The van der Waals surface area contributed by atoms with E-state index < -0.39 is 0 Å². The van der Waals surface area contributed by atoms with Crippen molar-refractivity contribution in [3.8, 4) is 10.6 Å². The molecule has 2 unspecified atom stereocenters. The molecule has 3 nitrogen and oxygen atoms in total. The summed E-state index contributed by atoms with van der Waals surface area (Å²) in [5, 5.41) is 1.10. The van der Waals surface area contributed by atoms with Gasteiger partial charge in [0.25, 0.3) is 0 Å². The molecule has 1 aliphatic rings. The van der Waals surface area contributed by atoms with E-state index in [0.29, 0.717) is 12.0 Å². The lowest BCUT2D eigenvalue weighted by molar-refractivity contribution is 0.321. The van der Waals surface area contributed by atoms with E-state index in [1.165, 1.54) is 10.4 Å². The summed E-state index contributed by atoms with van der Waals surface area (Å²) in [7, 11) is 0. The van der Waals surface area contributed by atoms with Gasteiger partial charge in [0.2, 0.25) is 0 Å². The summed E-state index contributed by atoms with van der Waals surface area (Å²) < 4.78 is 0. The van der Waals surface area contributed by atoms with Crippen molar-refractivity contribution in [2.45, 2.75) is 19.5 Å². The fraction of sp³-hybridized carbons (Fsp3) is 0.400. The molecule has 2 heterocycles. The lowest BCUT2D eigenvalue weighted by Crippen LogP contribution is -2.28. The average molecular weight is 310 g/mol. The molecule has 1 aromatic carbocycles. The fourth-order valence-electron chi connectivity index (χ4n) is 2.54. The summed E-state index contributed by atoms with van der Waals surface area (Å²) in [5.74, 6) is 0.599. The predicted molar refractivity (Wildman–Crippen MR) is 87.2 cm³/mol. The van der Waals surface area contributed by atoms with Gasteiger partial charge in [-0.3, -0.25) is 4.90 Å². The molecule has 0 amide bonds. The Morgan fingerprint density at radius 1 is 1.30 bits per heavy atom. The van der Waals surface area contributed by atoms with Crippen molar-refractivity contribution in [1.82, 2.24) is 9.88 Å². The van der Waals surface area contributed by atoms with Crippen LogP contribution in [0.5, 0.6) is 0 Å². The van der Waals surface area contributed by atoms with Gasteiger partial charge in [0.1, 0.15) is 5.01 Å². The second kappa shape index (κ2) is 6.68. The summed E-state index contributed by atoms with van der Waals surface area (Å²) in [4.78, 5) is 8.27. The summed E-state index contributed by atoms with van der Waals surface area (Å²) in [6, 6.07) is 10.7. The number of rotatable bonds is 3. The van der Waals surface area contributed by atoms with E-state index in [4.69, 9.17) is 5.73 Å². The Hall–Kier alpha value is -0.940. The number of hydrogen-bond acceptors (Lipinski definition) is 4. The number of aromatic nitrogens is 1. The first-order chi connectivity index (χ1) is 9.22. The highest BCUT2D eigenvalue weighted by Gasteiger charge is 2.26. The normalized spacial score (nSPS) is 22.7. The molecule has 3 rings (SSSR count). The largest absolute Gasteiger partial charge is 0.326 e. The van der Waals surface area contributed by atoms with E-state index in [0.717, 1.165) is 24.6 Å². The number of hydrogen-bond donors (Lipinski definition) is 1. The third-order valence-corrected chi connectivity index (χ3v) is 4.73. The topological polar surface area (TPSA) is 42.2 Å². The summed E-state index contributed by atoms with van der Waals surface area (Å²) in [5.41, 5.74) is 7.26. The molecule has 2 N–H and O–H groups in total. The van der Waals surface area contributed by atoms with E-state index in [-0.39, 0.29) is 12.4 Å². The van der Waals surface area contributed by atoms with Gasteiger partial charge >= 0.3 is 0 Å². The zero-order chi connectivity index (χ0) is 13.2. The van der Waals surface area contributed by atoms with Gasteiger partial charge in [0.15, 0.2) is 0 Å². The number of thiazole rings is 1.